The van der Waals surface area contributed by atoms with Crippen LogP contribution in [0.25, 0.3) is 10.9 Å². The topological polar surface area (TPSA) is 34.1 Å². The van der Waals surface area contributed by atoms with Crippen molar-refractivity contribution in [2.24, 2.45) is 0 Å². The second-order valence-corrected chi connectivity index (χ2v) is 5.03. The Balaban J connectivity index is 1.99. The molecule has 1 aromatic carbocycles. The third kappa shape index (κ3) is 3.67. The van der Waals surface area contributed by atoms with E-state index in [1.54, 1.807) is 0 Å². The number of hydrogen-bond acceptors (Lipinski definition) is 3. The van der Waals surface area contributed by atoms with Crippen molar-refractivity contribution in [3.05, 3.63) is 36.0 Å². The Morgan fingerprint density at radius 1 is 1.26 bits per heavy atom. The van der Waals surface area contributed by atoms with E-state index in [9.17, 15) is 0 Å². The highest BCUT2D eigenvalue weighted by Crippen LogP contribution is 2.23. The second-order valence-electron chi connectivity index (χ2n) is 5.03. The van der Waals surface area contributed by atoms with Gasteiger partial charge in [0.1, 0.15) is 0 Å². The van der Waals surface area contributed by atoms with Crippen molar-refractivity contribution >= 4 is 16.6 Å². The number of aromatic nitrogens is 1. The highest BCUT2D eigenvalue weighted by atomic mass is 16.5. The summed E-state index contributed by atoms with van der Waals surface area (Å²) in [5.41, 5.74) is 3.44. The number of nitrogens with zero attached hydrogens (tertiary/aromatic N) is 1. The number of anilines is 1. The van der Waals surface area contributed by atoms with Gasteiger partial charge in [0, 0.05) is 30.4 Å². The summed E-state index contributed by atoms with van der Waals surface area (Å²) in [5.74, 6) is 0. The molecular formula is C16H22N2O. The fourth-order valence-corrected chi connectivity index (χ4v) is 2.09. The van der Waals surface area contributed by atoms with Gasteiger partial charge in [-0.05, 0) is 38.8 Å². The molecule has 3 heteroatoms. The molecule has 102 valence electrons. The maximum atomic E-state index is 5.53. The first kappa shape index (κ1) is 13.8. The summed E-state index contributed by atoms with van der Waals surface area (Å²) in [6, 6.07) is 8.31. The van der Waals surface area contributed by atoms with E-state index in [0.717, 1.165) is 30.8 Å². The molecular weight excluding hydrogens is 236 g/mol. The van der Waals surface area contributed by atoms with Crippen LogP contribution in [0.5, 0.6) is 0 Å². The van der Waals surface area contributed by atoms with E-state index in [0.29, 0.717) is 6.10 Å². The maximum Gasteiger partial charge on any atom is 0.0751 e. The third-order valence-electron chi connectivity index (χ3n) is 3.06. The van der Waals surface area contributed by atoms with E-state index in [1.807, 2.05) is 12.3 Å². The Morgan fingerprint density at radius 3 is 2.89 bits per heavy atom. The first-order valence-electron chi connectivity index (χ1n) is 6.88. The normalized spacial score (nSPS) is 11.2. The number of para-hydroxylation sites is 1. The van der Waals surface area contributed by atoms with Gasteiger partial charge in [0.25, 0.3) is 0 Å². The molecule has 1 N–H and O–H groups in total. The summed E-state index contributed by atoms with van der Waals surface area (Å²) in [5, 5.41) is 4.66. The molecule has 0 unspecified atom stereocenters. The molecule has 0 spiro atoms. The molecule has 0 aliphatic rings. The van der Waals surface area contributed by atoms with E-state index in [1.165, 1.54) is 10.9 Å². The maximum absolute atomic E-state index is 5.53. The molecule has 0 saturated carbocycles. The second kappa shape index (κ2) is 6.53. The van der Waals surface area contributed by atoms with Gasteiger partial charge in [-0.25, -0.2) is 0 Å². The van der Waals surface area contributed by atoms with Crippen LogP contribution in [0, 0.1) is 6.92 Å². The molecule has 2 rings (SSSR count). The molecule has 2 aromatic rings. The molecule has 3 nitrogen and oxygen atoms in total. The number of fused-ring (bicyclic) bond motifs is 1. The van der Waals surface area contributed by atoms with Crippen molar-refractivity contribution < 1.29 is 4.74 Å². The van der Waals surface area contributed by atoms with Gasteiger partial charge in [-0.1, -0.05) is 18.2 Å². The van der Waals surface area contributed by atoms with E-state index >= 15 is 0 Å². The molecule has 0 saturated heterocycles. The van der Waals surface area contributed by atoms with Crippen LogP contribution in [0.15, 0.2) is 30.5 Å². The van der Waals surface area contributed by atoms with Crippen LogP contribution in [0.3, 0.4) is 0 Å². The highest BCUT2D eigenvalue weighted by Gasteiger charge is 2.03. The number of ether oxygens (including phenoxy) is 1. The van der Waals surface area contributed by atoms with Gasteiger partial charge < -0.3 is 10.1 Å². The quantitative estimate of drug-likeness (QED) is 0.801. The first-order valence-corrected chi connectivity index (χ1v) is 6.88. The molecule has 0 radical (unpaired) electrons. The minimum absolute atomic E-state index is 0.310. The largest absolute Gasteiger partial charge is 0.384 e. The van der Waals surface area contributed by atoms with Crippen LogP contribution < -0.4 is 5.32 Å². The molecule has 0 bridgehead atoms. The third-order valence-corrected chi connectivity index (χ3v) is 3.06. The van der Waals surface area contributed by atoms with Gasteiger partial charge in [0.05, 0.1) is 11.6 Å². The zero-order valence-electron chi connectivity index (χ0n) is 11.9. The van der Waals surface area contributed by atoms with Crippen molar-refractivity contribution in [3.63, 3.8) is 0 Å². The zero-order valence-corrected chi connectivity index (χ0v) is 11.9. The summed E-state index contributed by atoms with van der Waals surface area (Å²) >= 11 is 0. The number of pyridine rings is 1. The van der Waals surface area contributed by atoms with Crippen molar-refractivity contribution in [3.8, 4) is 0 Å². The van der Waals surface area contributed by atoms with Crippen LogP contribution in [0.4, 0.5) is 5.69 Å². The predicted molar refractivity (Wildman–Crippen MR) is 80.7 cm³/mol. The molecule has 19 heavy (non-hydrogen) atoms. The minimum atomic E-state index is 0.310. The van der Waals surface area contributed by atoms with E-state index in [2.05, 4.69) is 49.3 Å². The number of aryl methyl sites for hydroxylation is 1. The number of benzene rings is 1. The molecule has 0 fully saturated rings. The Hall–Kier alpha value is -1.61. The standard InChI is InChI=1S/C16H22N2O/c1-12(2)19-11-5-9-17-15-8-10-18-16-13(3)6-4-7-14(15)16/h4,6-8,10,12H,5,9,11H2,1-3H3,(H,17,18). The van der Waals surface area contributed by atoms with E-state index in [-0.39, 0.29) is 0 Å². The van der Waals surface area contributed by atoms with Crippen molar-refractivity contribution in [1.82, 2.24) is 4.98 Å². The predicted octanol–water partition coefficient (Wildman–Crippen LogP) is 3.77. The summed E-state index contributed by atoms with van der Waals surface area (Å²) in [7, 11) is 0. The van der Waals surface area contributed by atoms with Gasteiger partial charge in [0.2, 0.25) is 0 Å². The van der Waals surface area contributed by atoms with Crippen LogP contribution in [-0.4, -0.2) is 24.2 Å². The first-order chi connectivity index (χ1) is 9.18. The van der Waals surface area contributed by atoms with Gasteiger partial charge >= 0.3 is 0 Å². The Kier molecular flexibility index (Phi) is 4.74. The lowest BCUT2D eigenvalue weighted by molar-refractivity contribution is 0.0787. The lowest BCUT2D eigenvalue weighted by Crippen LogP contribution is -2.09. The molecule has 0 atom stereocenters. The molecule has 0 aliphatic carbocycles. The average molecular weight is 258 g/mol. The molecule has 0 amide bonds. The highest BCUT2D eigenvalue weighted by molar-refractivity contribution is 5.92. The van der Waals surface area contributed by atoms with Gasteiger partial charge in [-0.3, -0.25) is 4.98 Å². The molecule has 1 aromatic heterocycles. The van der Waals surface area contributed by atoms with E-state index in [4.69, 9.17) is 4.74 Å². The number of nitrogens with one attached hydrogen (secondary N) is 1. The van der Waals surface area contributed by atoms with Crippen molar-refractivity contribution in [2.75, 3.05) is 18.5 Å². The van der Waals surface area contributed by atoms with Gasteiger partial charge in [-0.15, -0.1) is 0 Å². The van der Waals surface area contributed by atoms with Crippen LogP contribution in [0.2, 0.25) is 0 Å². The fraction of sp³-hybridized carbons (Fsp3) is 0.438. The van der Waals surface area contributed by atoms with Crippen LogP contribution >= 0.6 is 0 Å². The fourth-order valence-electron chi connectivity index (χ4n) is 2.09. The SMILES string of the molecule is Cc1cccc2c(NCCCOC(C)C)ccnc12. The van der Waals surface area contributed by atoms with Crippen molar-refractivity contribution in [1.29, 1.82) is 0 Å². The summed E-state index contributed by atoms with van der Waals surface area (Å²) < 4.78 is 5.53. The average Bonchev–Trinajstić information content (AvgIpc) is 2.39. The van der Waals surface area contributed by atoms with Gasteiger partial charge in [-0.2, -0.15) is 0 Å². The summed E-state index contributed by atoms with van der Waals surface area (Å²) in [6.07, 6.45) is 3.18. The van der Waals surface area contributed by atoms with Crippen LogP contribution in [0.1, 0.15) is 25.8 Å². The Labute approximate surface area is 115 Å². The lowest BCUT2D eigenvalue weighted by Gasteiger charge is -2.11. The number of rotatable bonds is 6. The van der Waals surface area contributed by atoms with Crippen molar-refractivity contribution in [2.45, 2.75) is 33.3 Å². The van der Waals surface area contributed by atoms with Crippen LogP contribution in [-0.2, 0) is 4.74 Å². The lowest BCUT2D eigenvalue weighted by atomic mass is 10.1. The summed E-state index contributed by atoms with van der Waals surface area (Å²) in [4.78, 5) is 4.44. The van der Waals surface area contributed by atoms with E-state index < -0.39 is 0 Å². The molecule has 1 heterocycles. The van der Waals surface area contributed by atoms with Gasteiger partial charge in [0.15, 0.2) is 0 Å². The minimum Gasteiger partial charge on any atom is -0.384 e. The smallest absolute Gasteiger partial charge is 0.0751 e. The monoisotopic (exact) mass is 258 g/mol. The Morgan fingerprint density at radius 2 is 2.11 bits per heavy atom. The molecule has 0 aliphatic heterocycles. The Bertz CT molecular complexity index is 537. The zero-order chi connectivity index (χ0) is 13.7. The summed E-state index contributed by atoms with van der Waals surface area (Å²) in [6.45, 7) is 7.93. The number of hydrogen-bond donors (Lipinski definition) is 1.